The number of carbonyl (C=O) groups excluding carboxylic acids is 3. The highest BCUT2D eigenvalue weighted by molar-refractivity contribution is 6.00. The van der Waals surface area contributed by atoms with E-state index in [1.54, 1.807) is 12.1 Å². The fraction of sp³-hybridized carbons (Fsp3) is 0.333. The molecule has 1 aromatic heterocycles. The van der Waals surface area contributed by atoms with Gasteiger partial charge < -0.3 is 19.8 Å². The zero-order valence-electron chi connectivity index (χ0n) is 19.7. The molecular weight excluding hydrogens is 432 g/mol. The average Bonchev–Trinajstić information content (AvgIpc) is 2.79. The third-order valence-corrected chi connectivity index (χ3v) is 6.38. The molecule has 7 nitrogen and oxygen atoms in total. The number of aldehydes is 1. The Hall–Kier alpha value is -3.74. The Bertz CT molecular complexity index is 1260. The molecule has 7 heteroatoms. The van der Waals surface area contributed by atoms with Gasteiger partial charge in [-0.25, -0.2) is 4.79 Å². The molecule has 2 amide bonds. The Morgan fingerprint density at radius 2 is 1.79 bits per heavy atom. The molecule has 0 aliphatic carbocycles. The number of benzene rings is 2. The van der Waals surface area contributed by atoms with Gasteiger partial charge in [0, 0.05) is 29.1 Å². The van der Waals surface area contributed by atoms with Gasteiger partial charge >= 0.3 is 5.63 Å². The van der Waals surface area contributed by atoms with Gasteiger partial charge in [0.2, 0.25) is 12.3 Å². The Morgan fingerprint density at radius 3 is 2.44 bits per heavy atom. The average molecular weight is 463 g/mol. The smallest absolute Gasteiger partial charge is 0.336 e. The zero-order chi connectivity index (χ0) is 24.9. The number of likely N-dealkylation sites (tertiary alicyclic amines) is 1. The van der Waals surface area contributed by atoms with E-state index in [0.29, 0.717) is 24.0 Å². The monoisotopic (exact) mass is 462 g/mol. The van der Waals surface area contributed by atoms with Crippen LogP contribution in [0, 0.1) is 6.92 Å². The molecule has 0 spiro atoms. The molecule has 1 saturated heterocycles. The Balaban J connectivity index is 0.00000103. The van der Waals surface area contributed by atoms with E-state index < -0.39 is 11.5 Å². The molecule has 2 N–H and O–H groups in total. The van der Waals surface area contributed by atoms with E-state index in [9.17, 15) is 14.4 Å². The predicted molar refractivity (Wildman–Crippen MR) is 131 cm³/mol. The maximum atomic E-state index is 13.3. The van der Waals surface area contributed by atoms with E-state index in [2.05, 4.69) is 5.73 Å². The summed E-state index contributed by atoms with van der Waals surface area (Å²) in [6.07, 6.45) is 3.87. The molecule has 34 heavy (non-hydrogen) atoms. The lowest BCUT2D eigenvalue weighted by atomic mass is 9.87. The Labute approximate surface area is 198 Å². The van der Waals surface area contributed by atoms with Gasteiger partial charge in [-0.3, -0.25) is 9.59 Å². The maximum Gasteiger partial charge on any atom is 0.336 e. The number of carbonyl (C=O) groups is 3. The molecular formula is C27H30N2O5. The van der Waals surface area contributed by atoms with E-state index in [-0.39, 0.29) is 17.9 Å². The first-order valence-electron chi connectivity index (χ1n) is 11.3. The van der Waals surface area contributed by atoms with E-state index in [0.717, 1.165) is 41.3 Å². The van der Waals surface area contributed by atoms with Crippen LogP contribution in [-0.4, -0.2) is 35.6 Å². The summed E-state index contributed by atoms with van der Waals surface area (Å²) in [4.78, 5) is 48.0. The fourth-order valence-corrected chi connectivity index (χ4v) is 4.59. The van der Waals surface area contributed by atoms with Crippen LogP contribution in [0.25, 0.3) is 22.1 Å². The largest absolute Gasteiger partial charge is 0.423 e. The van der Waals surface area contributed by atoms with Crippen molar-refractivity contribution < 1.29 is 18.8 Å². The van der Waals surface area contributed by atoms with Crippen molar-refractivity contribution in [1.82, 2.24) is 4.90 Å². The van der Waals surface area contributed by atoms with Crippen molar-refractivity contribution in [2.75, 3.05) is 6.54 Å². The molecule has 178 valence electrons. The Morgan fingerprint density at radius 1 is 1.09 bits per heavy atom. The summed E-state index contributed by atoms with van der Waals surface area (Å²) in [7, 11) is 0. The molecule has 2 aromatic carbocycles. The van der Waals surface area contributed by atoms with Crippen LogP contribution in [0.5, 0.6) is 0 Å². The molecule has 0 saturated carbocycles. The third-order valence-electron chi connectivity index (χ3n) is 6.38. The minimum Gasteiger partial charge on any atom is -0.423 e. The number of amides is 2. The van der Waals surface area contributed by atoms with Gasteiger partial charge in [-0.1, -0.05) is 36.4 Å². The second-order valence-electron chi connectivity index (χ2n) is 9.06. The van der Waals surface area contributed by atoms with Gasteiger partial charge in [0.05, 0.1) is 0 Å². The summed E-state index contributed by atoms with van der Waals surface area (Å²) in [6, 6.07) is 14.6. The molecule has 2 heterocycles. The second kappa shape index (κ2) is 10.5. The first-order chi connectivity index (χ1) is 16.2. The van der Waals surface area contributed by atoms with Crippen LogP contribution in [0.15, 0.2) is 57.7 Å². The molecule has 0 radical (unpaired) electrons. The lowest BCUT2D eigenvalue weighted by Gasteiger charge is -2.43. The fourth-order valence-electron chi connectivity index (χ4n) is 4.59. The second-order valence-corrected chi connectivity index (χ2v) is 9.06. The summed E-state index contributed by atoms with van der Waals surface area (Å²) in [5.41, 5.74) is 7.12. The number of hydrogen-bond donors (Lipinski definition) is 1. The van der Waals surface area contributed by atoms with E-state index in [1.807, 2.05) is 56.0 Å². The van der Waals surface area contributed by atoms with Crippen molar-refractivity contribution in [3.8, 4) is 11.1 Å². The quantitative estimate of drug-likeness (QED) is 0.359. The van der Waals surface area contributed by atoms with Crippen molar-refractivity contribution in [2.24, 2.45) is 5.73 Å². The lowest BCUT2D eigenvalue weighted by molar-refractivity contribution is -0.141. The molecule has 1 atom stereocenters. The highest BCUT2D eigenvalue weighted by Crippen LogP contribution is 2.33. The highest BCUT2D eigenvalue weighted by atomic mass is 16.4. The van der Waals surface area contributed by atoms with Gasteiger partial charge in [-0.15, -0.1) is 0 Å². The van der Waals surface area contributed by atoms with Crippen molar-refractivity contribution in [3.05, 3.63) is 70.1 Å². The van der Waals surface area contributed by atoms with Gasteiger partial charge in [-0.2, -0.15) is 0 Å². The van der Waals surface area contributed by atoms with Gasteiger partial charge in [0.25, 0.3) is 0 Å². The van der Waals surface area contributed by atoms with Crippen LogP contribution in [0.2, 0.25) is 0 Å². The standard InChI is InChI=1S/C26H27NO4.CH3NO/c1-17-8-4-5-9-19(17)21-15-24(29)31-23-14-18(10-11-20(21)23)22(16-28)25(30)27-13-7-6-12-26(27,2)3;2-1-3/h4-5,8-11,14-16,22H,6-7,12-13H2,1-3H3;1H,(H2,2,3). The summed E-state index contributed by atoms with van der Waals surface area (Å²) in [6.45, 7) is 6.72. The number of nitrogens with two attached hydrogens (primary N) is 1. The van der Waals surface area contributed by atoms with Crippen molar-refractivity contribution in [1.29, 1.82) is 0 Å². The minimum absolute atomic E-state index is 0.198. The summed E-state index contributed by atoms with van der Waals surface area (Å²) >= 11 is 0. The molecule has 1 aliphatic rings. The normalized spacial score (nSPS) is 15.7. The van der Waals surface area contributed by atoms with Gasteiger partial charge in [-0.05, 0) is 62.8 Å². The van der Waals surface area contributed by atoms with Crippen LogP contribution in [0.4, 0.5) is 0 Å². The zero-order valence-corrected chi connectivity index (χ0v) is 19.7. The van der Waals surface area contributed by atoms with E-state index >= 15 is 0 Å². The summed E-state index contributed by atoms with van der Waals surface area (Å²) in [5, 5.41) is 0.771. The number of hydrogen-bond acceptors (Lipinski definition) is 5. The number of primary amides is 1. The Kier molecular flexibility index (Phi) is 7.66. The predicted octanol–water partition coefficient (Wildman–Crippen LogP) is 3.94. The molecule has 3 aromatic rings. The molecule has 1 unspecified atom stereocenters. The topological polar surface area (TPSA) is 111 Å². The number of nitrogens with zero attached hydrogens (tertiary/aromatic N) is 1. The van der Waals surface area contributed by atoms with Crippen LogP contribution < -0.4 is 11.4 Å². The lowest BCUT2D eigenvalue weighted by Crippen LogP contribution is -2.52. The van der Waals surface area contributed by atoms with Gasteiger partial charge in [0.15, 0.2) is 0 Å². The van der Waals surface area contributed by atoms with E-state index in [1.165, 1.54) is 6.07 Å². The van der Waals surface area contributed by atoms with Crippen LogP contribution in [0.1, 0.15) is 50.2 Å². The van der Waals surface area contributed by atoms with Crippen LogP contribution in [0.3, 0.4) is 0 Å². The van der Waals surface area contributed by atoms with Crippen LogP contribution in [-0.2, 0) is 14.4 Å². The number of aryl methyl sites for hydroxylation is 1. The van der Waals surface area contributed by atoms with Gasteiger partial charge in [0.1, 0.15) is 17.8 Å². The highest BCUT2D eigenvalue weighted by Gasteiger charge is 2.37. The van der Waals surface area contributed by atoms with Crippen molar-refractivity contribution in [2.45, 2.75) is 51.5 Å². The number of fused-ring (bicyclic) bond motifs is 1. The van der Waals surface area contributed by atoms with Crippen LogP contribution >= 0.6 is 0 Å². The molecule has 0 bridgehead atoms. The maximum absolute atomic E-state index is 13.3. The van der Waals surface area contributed by atoms with E-state index in [4.69, 9.17) is 9.21 Å². The first-order valence-corrected chi connectivity index (χ1v) is 11.3. The SMILES string of the molecule is Cc1ccccc1-c1cc(=O)oc2cc(C(C=O)C(=O)N3CCCCC3(C)C)ccc12.NC=O. The molecule has 4 rings (SSSR count). The first kappa shape index (κ1) is 24.9. The number of rotatable bonds is 4. The summed E-state index contributed by atoms with van der Waals surface area (Å²) in [5.74, 6) is -1.12. The molecule has 1 fully saturated rings. The van der Waals surface area contributed by atoms with Crippen molar-refractivity contribution >= 4 is 29.6 Å². The molecule has 1 aliphatic heterocycles. The third kappa shape index (κ3) is 5.09. The number of piperidine rings is 1. The minimum atomic E-state index is -0.922. The van der Waals surface area contributed by atoms with Crippen molar-refractivity contribution in [3.63, 3.8) is 0 Å². The summed E-state index contributed by atoms with van der Waals surface area (Å²) < 4.78 is 5.47.